The van der Waals surface area contributed by atoms with Gasteiger partial charge in [-0.15, -0.1) is 0 Å². The van der Waals surface area contributed by atoms with Gasteiger partial charge in [0.15, 0.2) is 0 Å². The summed E-state index contributed by atoms with van der Waals surface area (Å²) >= 11 is 0. The van der Waals surface area contributed by atoms with Gasteiger partial charge in [0.1, 0.15) is 0 Å². The Morgan fingerprint density at radius 3 is 2.16 bits per heavy atom. The summed E-state index contributed by atoms with van der Waals surface area (Å²) in [7, 11) is 0. The van der Waals surface area contributed by atoms with Crippen molar-refractivity contribution in [2.24, 2.45) is 5.73 Å². The van der Waals surface area contributed by atoms with Gasteiger partial charge >= 0.3 is 0 Å². The molecule has 3 nitrogen and oxygen atoms in total. The van der Waals surface area contributed by atoms with E-state index >= 15 is 0 Å². The Morgan fingerprint density at radius 1 is 1.05 bits per heavy atom. The molecule has 2 rings (SSSR count). The molecule has 0 radical (unpaired) electrons. The molecule has 1 heterocycles. The van der Waals surface area contributed by atoms with Crippen molar-refractivity contribution in [2.75, 3.05) is 45.8 Å². The van der Waals surface area contributed by atoms with E-state index in [9.17, 15) is 0 Å². The highest BCUT2D eigenvalue weighted by Gasteiger charge is 2.29. The number of rotatable bonds is 5. The maximum absolute atomic E-state index is 6.07. The van der Waals surface area contributed by atoms with Gasteiger partial charge in [-0.25, -0.2) is 0 Å². The number of nitrogens with two attached hydrogens (primary N) is 1. The summed E-state index contributed by atoms with van der Waals surface area (Å²) in [4.78, 5) is 5.07. The number of nitrogens with zero attached hydrogens (tertiary/aromatic N) is 2. The zero-order valence-corrected chi connectivity index (χ0v) is 12.3. The third kappa shape index (κ3) is 3.56. The highest BCUT2D eigenvalue weighted by molar-refractivity contribution is 5.25. The van der Waals surface area contributed by atoms with Gasteiger partial charge in [-0.3, -0.25) is 4.90 Å². The summed E-state index contributed by atoms with van der Waals surface area (Å²) in [5, 5.41) is 0. The molecular formula is C16H27N3. The van der Waals surface area contributed by atoms with Crippen LogP contribution in [0.2, 0.25) is 0 Å². The van der Waals surface area contributed by atoms with Crippen molar-refractivity contribution in [1.82, 2.24) is 9.80 Å². The van der Waals surface area contributed by atoms with Gasteiger partial charge in [-0.05, 0) is 12.1 Å². The van der Waals surface area contributed by atoms with Crippen molar-refractivity contribution in [1.29, 1.82) is 0 Å². The second-order valence-electron chi connectivity index (χ2n) is 5.84. The third-order valence-corrected chi connectivity index (χ3v) is 4.41. The first-order valence-corrected chi connectivity index (χ1v) is 7.38. The lowest BCUT2D eigenvalue weighted by Gasteiger charge is -2.40. The zero-order valence-electron chi connectivity index (χ0n) is 12.3. The van der Waals surface area contributed by atoms with Crippen molar-refractivity contribution in [2.45, 2.75) is 19.3 Å². The van der Waals surface area contributed by atoms with Gasteiger partial charge in [0.2, 0.25) is 0 Å². The van der Waals surface area contributed by atoms with Gasteiger partial charge < -0.3 is 10.6 Å². The number of likely N-dealkylation sites (N-methyl/N-ethyl adjacent to an activating group) is 1. The van der Waals surface area contributed by atoms with Crippen molar-refractivity contribution in [3.63, 3.8) is 0 Å². The van der Waals surface area contributed by atoms with Crippen LogP contribution in [0.1, 0.15) is 19.4 Å². The topological polar surface area (TPSA) is 32.5 Å². The Balaban J connectivity index is 2.00. The van der Waals surface area contributed by atoms with Crippen molar-refractivity contribution >= 4 is 0 Å². The molecule has 3 heteroatoms. The Kier molecular flexibility index (Phi) is 4.97. The molecular weight excluding hydrogens is 234 g/mol. The Hall–Kier alpha value is -0.900. The van der Waals surface area contributed by atoms with E-state index in [1.54, 1.807) is 0 Å². The summed E-state index contributed by atoms with van der Waals surface area (Å²) in [6.07, 6.45) is 0. The number of hydrogen-bond donors (Lipinski definition) is 1. The van der Waals surface area contributed by atoms with Gasteiger partial charge in [-0.2, -0.15) is 0 Å². The molecule has 2 N–H and O–H groups in total. The van der Waals surface area contributed by atoms with Crippen LogP contribution in [0.5, 0.6) is 0 Å². The van der Waals surface area contributed by atoms with E-state index in [0.717, 1.165) is 19.6 Å². The van der Waals surface area contributed by atoms with Crippen LogP contribution in [-0.4, -0.2) is 55.6 Å². The first-order valence-electron chi connectivity index (χ1n) is 7.38. The number of hydrogen-bond acceptors (Lipinski definition) is 3. The zero-order chi connectivity index (χ0) is 13.7. The summed E-state index contributed by atoms with van der Waals surface area (Å²) in [5.74, 6) is 0. The fourth-order valence-electron chi connectivity index (χ4n) is 2.87. The quantitative estimate of drug-likeness (QED) is 0.873. The minimum Gasteiger partial charge on any atom is -0.330 e. The van der Waals surface area contributed by atoms with E-state index in [2.05, 4.69) is 54.0 Å². The summed E-state index contributed by atoms with van der Waals surface area (Å²) in [6.45, 7) is 12.2. The van der Waals surface area contributed by atoms with Crippen molar-refractivity contribution < 1.29 is 0 Å². The molecule has 1 fully saturated rings. The molecule has 0 saturated carbocycles. The lowest BCUT2D eigenvalue weighted by atomic mass is 9.82. The molecule has 106 valence electrons. The average Bonchev–Trinajstić information content (AvgIpc) is 2.49. The Morgan fingerprint density at radius 2 is 1.63 bits per heavy atom. The molecule has 0 aliphatic carbocycles. The summed E-state index contributed by atoms with van der Waals surface area (Å²) < 4.78 is 0. The molecule has 0 aromatic heterocycles. The predicted molar refractivity (Wildman–Crippen MR) is 81.4 cm³/mol. The molecule has 1 aromatic rings. The van der Waals surface area contributed by atoms with E-state index in [-0.39, 0.29) is 5.41 Å². The molecule has 1 aliphatic heterocycles. The maximum atomic E-state index is 6.07. The lowest BCUT2D eigenvalue weighted by molar-refractivity contribution is 0.117. The van der Waals surface area contributed by atoms with Crippen molar-refractivity contribution in [3.8, 4) is 0 Å². The Bertz CT molecular complexity index is 371. The smallest absolute Gasteiger partial charge is 0.0174 e. The van der Waals surface area contributed by atoms with Crippen LogP contribution in [0.3, 0.4) is 0 Å². The molecule has 1 aromatic carbocycles. The lowest BCUT2D eigenvalue weighted by Crippen LogP contribution is -2.51. The average molecular weight is 261 g/mol. The molecule has 1 aliphatic rings. The highest BCUT2D eigenvalue weighted by Crippen LogP contribution is 2.24. The van der Waals surface area contributed by atoms with E-state index in [0.29, 0.717) is 6.54 Å². The fraction of sp³-hybridized carbons (Fsp3) is 0.625. The molecule has 1 unspecified atom stereocenters. The fourth-order valence-corrected chi connectivity index (χ4v) is 2.87. The molecule has 1 atom stereocenters. The van der Waals surface area contributed by atoms with Crippen LogP contribution in [0, 0.1) is 0 Å². The van der Waals surface area contributed by atoms with Crippen LogP contribution in [0.15, 0.2) is 30.3 Å². The summed E-state index contributed by atoms with van der Waals surface area (Å²) in [6, 6.07) is 10.7. The van der Waals surface area contributed by atoms with Crippen LogP contribution < -0.4 is 5.73 Å². The first-order chi connectivity index (χ1) is 9.18. The van der Waals surface area contributed by atoms with Crippen LogP contribution >= 0.6 is 0 Å². The SMILES string of the molecule is CCN1CCN(CC(C)(CN)c2ccccc2)CC1. The van der Waals surface area contributed by atoms with Gasteiger partial charge in [0.05, 0.1) is 0 Å². The normalized spacial score (nSPS) is 21.2. The molecule has 0 amide bonds. The maximum Gasteiger partial charge on any atom is 0.0174 e. The predicted octanol–water partition coefficient (Wildman–Crippen LogP) is 1.54. The molecule has 0 bridgehead atoms. The van der Waals surface area contributed by atoms with Crippen LogP contribution in [-0.2, 0) is 5.41 Å². The third-order valence-electron chi connectivity index (χ3n) is 4.41. The standard InChI is InChI=1S/C16H27N3/c1-3-18-9-11-19(12-10-18)14-16(2,13-17)15-7-5-4-6-8-15/h4-8H,3,9-14,17H2,1-2H3. The summed E-state index contributed by atoms with van der Waals surface area (Å²) in [5.41, 5.74) is 7.49. The van der Waals surface area contributed by atoms with Crippen molar-refractivity contribution in [3.05, 3.63) is 35.9 Å². The van der Waals surface area contributed by atoms with Crippen LogP contribution in [0.4, 0.5) is 0 Å². The van der Waals surface area contributed by atoms with Gasteiger partial charge in [-0.1, -0.05) is 44.2 Å². The minimum atomic E-state index is 0.0651. The minimum absolute atomic E-state index is 0.0651. The van der Waals surface area contributed by atoms with E-state index in [4.69, 9.17) is 5.73 Å². The van der Waals surface area contributed by atoms with Gasteiger partial charge in [0.25, 0.3) is 0 Å². The van der Waals surface area contributed by atoms with E-state index in [1.165, 1.54) is 25.2 Å². The first kappa shape index (κ1) is 14.5. The van der Waals surface area contributed by atoms with E-state index in [1.807, 2.05) is 0 Å². The van der Waals surface area contributed by atoms with Gasteiger partial charge in [0, 0.05) is 44.7 Å². The largest absolute Gasteiger partial charge is 0.330 e. The highest BCUT2D eigenvalue weighted by atomic mass is 15.3. The monoisotopic (exact) mass is 261 g/mol. The molecule has 1 saturated heterocycles. The molecule has 19 heavy (non-hydrogen) atoms. The van der Waals surface area contributed by atoms with E-state index < -0.39 is 0 Å². The Labute approximate surface area is 117 Å². The second kappa shape index (κ2) is 6.51. The number of piperazine rings is 1. The molecule has 0 spiro atoms. The van der Waals surface area contributed by atoms with Crippen LogP contribution in [0.25, 0.3) is 0 Å². The second-order valence-corrected chi connectivity index (χ2v) is 5.84. The number of benzene rings is 1.